The van der Waals surface area contributed by atoms with Crippen molar-refractivity contribution in [1.29, 1.82) is 0 Å². The summed E-state index contributed by atoms with van der Waals surface area (Å²) in [4.78, 5) is 36.3. The van der Waals surface area contributed by atoms with Crippen molar-refractivity contribution >= 4 is 41.1 Å². The van der Waals surface area contributed by atoms with Crippen molar-refractivity contribution in [3.05, 3.63) is 69.7 Å². The molecule has 0 aliphatic carbocycles. The van der Waals surface area contributed by atoms with Gasteiger partial charge in [-0.3, -0.25) is 0 Å². The molecule has 2 aromatic carbocycles. The molecule has 1 aliphatic rings. The molecule has 1 fully saturated rings. The molecular formula is C20H15Cl2FO6. The Morgan fingerprint density at radius 3 is 2.00 bits per heavy atom. The van der Waals surface area contributed by atoms with Crippen LogP contribution in [0.5, 0.6) is 0 Å². The second kappa shape index (κ2) is 8.39. The molecular weight excluding hydrogens is 426 g/mol. The van der Waals surface area contributed by atoms with Gasteiger partial charge in [0.05, 0.1) is 11.1 Å². The summed E-state index contributed by atoms with van der Waals surface area (Å²) >= 11 is 11.5. The maximum atomic E-state index is 14.8. The van der Waals surface area contributed by atoms with E-state index in [2.05, 4.69) is 0 Å². The van der Waals surface area contributed by atoms with Gasteiger partial charge in [0, 0.05) is 10.0 Å². The first-order chi connectivity index (χ1) is 13.7. The van der Waals surface area contributed by atoms with Gasteiger partial charge in [0.25, 0.3) is 0 Å². The zero-order chi connectivity index (χ0) is 21.2. The summed E-state index contributed by atoms with van der Waals surface area (Å²) in [5.41, 5.74) is -2.28. The minimum absolute atomic E-state index is 0.112. The van der Waals surface area contributed by atoms with Crippen LogP contribution in [0.25, 0.3) is 0 Å². The molecule has 29 heavy (non-hydrogen) atoms. The molecule has 1 saturated heterocycles. The van der Waals surface area contributed by atoms with Crippen LogP contribution in [0.15, 0.2) is 48.5 Å². The van der Waals surface area contributed by atoms with E-state index in [0.29, 0.717) is 10.0 Å². The van der Waals surface area contributed by atoms with E-state index in [1.807, 2.05) is 0 Å². The van der Waals surface area contributed by atoms with E-state index in [1.54, 1.807) is 0 Å². The number of hydrogen-bond acceptors (Lipinski definition) is 6. The van der Waals surface area contributed by atoms with Crippen LogP contribution < -0.4 is 0 Å². The Kier molecular flexibility index (Phi) is 6.10. The summed E-state index contributed by atoms with van der Waals surface area (Å²) in [6, 6.07) is 11.6. The van der Waals surface area contributed by atoms with Crippen molar-refractivity contribution in [2.24, 2.45) is 0 Å². The third-order valence-electron chi connectivity index (χ3n) is 4.30. The molecule has 3 rings (SSSR count). The fourth-order valence-corrected chi connectivity index (χ4v) is 2.94. The number of halogens is 3. The normalized spacial score (nSPS) is 23.4. The third kappa shape index (κ3) is 4.68. The van der Waals surface area contributed by atoms with E-state index >= 15 is 0 Å². The largest absolute Gasteiger partial charge is 0.458 e. The van der Waals surface area contributed by atoms with Gasteiger partial charge in [-0.1, -0.05) is 23.2 Å². The Balaban J connectivity index is 1.70. The van der Waals surface area contributed by atoms with Gasteiger partial charge in [0.1, 0.15) is 6.61 Å². The number of carbonyl (C=O) groups excluding carboxylic acids is 3. The maximum absolute atomic E-state index is 14.8. The second-order valence-corrected chi connectivity index (χ2v) is 7.33. The van der Waals surface area contributed by atoms with Crippen molar-refractivity contribution in [3.63, 3.8) is 0 Å². The smallest absolute Gasteiger partial charge is 0.348 e. The Morgan fingerprint density at radius 2 is 1.48 bits per heavy atom. The molecule has 0 aromatic heterocycles. The molecule has 1 aliphatic heterocycles. The van der Waals surface area contributed by atoms with E-state index in [-0.39, 0.29) is 11.1 Å². The fourth-order valence-electron chi connectivity index (χ4n) is 2.68. The first kappa shape index (κ1) is 21.1. The van der Waals surface area contributed by atoms with E-state index < -0.39 is 42.4 Å². The number of alkyl halides is 1. The highest BCUT2D eigenvalue weighted by atomic mass is 35.5. The molecule has 6 nitrogen and oxygen atoms in total. The molecule has 0 saturated carbocycles. The number of esters is 3. The molecule has 0 radical (unpaired) electrons. The average molecular weight is 441 g/mol. The van der Waals surface area contributed by atoms with Gasteiger partial charge in [-0.2, -0.15) is 0 Å². The fraction of sp³-hybridized carbons (Fsp3) is 0.250. The Hall–Kier alpha value is -2.64. The summed E-state index contributed by atoms with van der Waals surface area (Å²) in [5, 5.41) is 0.844. The van der Waals surface area contributed by atoms with Crippen molar-refractivity contribution in [3.8, 4) is 0 Å². The lowest BCUT2D eigenvalue weighted by atomic mass is 10.00. The van der Waals surface area contributed by atoms with Crippen molar-refractivity contribution in [2.45, 2.75) is 24.8 Å². The minimum atomic E-state index is -2.60. The predicted molar refractivity (Wildman–Crippen MR) is 102 cm³/mol. The highest BCUT2D eigenvalue weighted by molar-refractivity contribution is 6.31. The lowest BCUT2D eigenvalue weighted by molar-refractivity contribution is -0.150. The van der Waals surface area contributed by atoms with Crippen LogP contribution in [0.2, 0.25) is 10.0 Å². The van der Waals surface area contributed by atoms with E-state index in [4.69, 9.17) is 37.4 Å². The Bertz CT molecular complexity index is 927. The topological polar surface area (TPSA) is 78.9 Å². The van der Waals surface area contributed by atoms with Crippen LogP contribution in [0, 0.1) is 0 Å². The summed E-state index contributed by atoms with van der Waals surface area (Å²) in [5.74, 6) is -2.81. The molecule has 1 heterocycles. The zero-order valence-electron chi connectivity index (χ0n) is 15.1. The van der Waals surface area contributed by atoms with Crippen molar-refractivity contribution in [1.82, 2.24) is 0 Å². The molecule has 0 spiro atoms. The quantitative estimate of drug-likeness (QED) is 0.515. The van der Waals surface area contributed by atoms with Gasteiger partial charge in [0.15, 0.2) is 12.2 Å². The SMILES string of the molecule is C[C@@]1(F)C(=O)O[C@@H](COC(=O)c2ccc(Cl)cc2)[C@@H]1OC(=O)c1ccc(Cl)cc1. The number of cyclic esters (lactones) is 1. The van der Waals surface area contributed by atoms with Gasteiger partial charge in [-0.25, -0.2) is 18.8 Å². The summed E-state index contributed by atoms with van der Waals surface area (Å²) in [7, 11) is 0. The Labute approximate surface area is 175 Å². The van der Waals surface area contributed by atoms with Crippen LogP contribution in [0.4, 0.5) is 4.39 Å². The Morgan fingerprint density at radius 1 is 1.00 bits per heavy atom. The summed E-state index contributed by atoms with van der Waals surface area (Å²) in [6.07, 6.45) is -2.90. The molecule has 0 unspecified atom stereocenters. The van der Waals surface area contributed by atoms with Crippen LogP contribution in [0.3, 0.4) is 0 Å². The molecule has 152 valence electrons. The highest BCUT2D eigenvalue weighted by Gasteiger charge is 2.58. The number of benzene rings is 2. The monoisotopic (exact) mass is 440 g/mol. The third-order valence-corrected chi connectivity index (χ3v) is 4.81. The molecule has 9 heteroatoms. The highest BCUT2D eigenvalue weighted by Crippen LogP contribution is 2.33. The molecule has 0 N–H and O–H groups in total. The first-order valence-corrected chi connectivity index (χ1v) is 9.23. The maximum Gasteiger partial charge on any atom is 0.348 e. The van der Waals surface area contributed by atoms with Gasteiger partial charge in [0.2, 0.25) is 5.67 Å². The van der Waals surface area contributed by atoms with Gasteiger partial charge in [-0.15, -0.1) is 0 Å². The van der Waals surface area contributed by atoms with Crippen molar-refractivity contribution < 1.29 is 33.0 Å². The number of rotatable bonds is 5. The number of hydrogen-bond donors (Lipinski definition) is 0. The minimum Gasteiger partial charge on any atom is -0.458 e. The standard InChI is InChI=1S/C20H15Cl2FO6/c1-20(23)16(29-18(25)12-4-8-14(22)9-5-12)15(28-19(20)26)10-27-17(24)11-2-6-13(21)7-3-11/h2-9,15-16H,10H2,1H3/t15-,16-,20-/m0/s1. The van der Waals surface area contributed by atoms with Crippen LogP contribution >= 0.6 is 23.2 Å². The summed E-state index contributed by atoms with van der Waals surface area (Å²) in [6.45, 7) is 0.446. The van der Waals surface area contributed by atoms with Crippen molar-refractivity contribution in [2.75, 3.05) is 6.61 Å². The predicted octanol–water partition coefficient (Wildman–Crippen LogP) is 4.03. The average Bonchev–Trinajstić information content (AvgIpc) is 2.90. The molecule has 0 amide bonds. The molecule has 3 atom stereocenters. The van der Waals surface area contributed by atoms with Gasteiger partial charge >= 0.3 is 17.9 Å². The van der Waals surface area contributed by atoms with E-state index in [9.17, 15) is 18.8 Å². The summed E-state index contributed by atoms with van der Waals surface area (Å²) < 4.78 is 30.0. The second-order valence-electron chi connectivity index (χ2n) is 6.46. The van der Waals surface area contributed by atoms with E-state index in [1.165, 1.54) is 48.5 Å². The van der Waals surface area contributed by atoms with Gasteiger partial charge < -0.3 is 14.2 Å². The first-order valence-electron chi connectivity index (χ1n) is 8.47. The van der Waals surface area contributed by atoms with Crippen LogP contribution in [-0.4, -0.2) is 42.4 Å². The van der Waals surface area contributed by atoms with Crippen LogP contribution in [0.1, 0.15) is 27.6 Å². The van der Waals surface area contributed by atoms with E-state index in [0.717, 1.165) is 6.92 Å². The number of ether oxygens (including phenoxy) is 3. The molecule has 0 bridgehead atoms. The number of carbonyl (C=O) groups is 3. The lowest BCUT2D eigenvalue weighted by Gasteiger charge is -2.22. The zero-order valence-corrected chi connectivity index (χ0v) is 16.6. The lowest BCUT2D eigenvalue weighted by Crippen LogP contribution is -2.44. The van der Waals surface area contributed by atoms with Gasteiger partial charge in [-0.05, 0) is 55.5 Å². The molecule has 2 aromatic rings. The van der Waals surface area contributed by atoms with Crippen LogP contribution in [-0.2, 0) is 19.0 Å².